The van der Waals surface area contributed by atoms with Crippen molar-refractivity contribution in [2.45, 2.75) is 89.4 Å². The van der Waals surface area contributed by atoms with Gasteiger partial charge >= 0.3 is 0 Å². The number of hydrogen-bond donors (Lipinski definition) is 4. The molecule has 9 heteroatoms. The SMILES string of the molecule is O=C(CCCC(=O)NCc1cccc(-c2ccc([C@H]3O[C@@H](CN4CCCCCCC4)C[C@@H](c4ccc(CO)cc4)O3)cc2)c1)NO. The maximum Gasteiger partial charge on any atom is 0.243 e. The van der Waals surface area contributed by atoms with Gasteiger partial charge in [0.15, 0.2) is 6.29 Å². The highest BCUT2D eigenvalue weighted by Gasteiger charge is 2.33. The molecular weight excluding hydrogens is 582 g/mol. The molecule has 0 saturated carbocycles. The third kappa shape index (κ3) is 9.95. The van der Waals surface area contributed by atoms with Gasteiger partial charge in [-0.15, -0.1) is 0 Å². The van der Waals surface area contributed by atoms with Crippen molar-refractivity contribution in [1.29, 1.82) is 0 Å². The summed E-state index contributed by atoms with van der Waals surface area (Å²) in [5.74, 6) is -0.635. The minimum absolute atomic E-state index is 0.0202. The largest absolute Gasteiger partial charge is 0.392 e. The highest BCUT2D eigenvalue weighted by molar-refractivity contribution is 5.78. The van der Waals surface area contributed by atoms with Crippen LogP contribution >= 0.6 is 0 Å². The molecule has 3 atom stereocenters. The molecule has 0 radical (unpaired) electrons. The number of rotatable bonds is 12. The van der Waals surface area contributed by atoms with Gasteiger partial charge in [-0.2, -0.15) is 0 Å². The van der Waals surface area contributed by atoms with Crippen molar-refractivity contribution in [3.63, 3.8) is 0 Å². The van der Waals surface area contributed by atoms with E-state index in [0.29, 0.717) is 13.0 Å². The van der Waals surface area contributed by atoms with Crippen molar-refractivity contribution < 1.29 is 29.4 Å². The Hall–Kier alpha value is -3.60. The fraction of sp³-hybridized carbons (Fsp3) is 0.459. The molecule has 2 heterocycles. The Morgan fingerprint density at radius 1 is 0.783 bits per heavy atom. The first-order chi connectivity index (χ1) is 22.5. The lowest BCUT2D eigenvalue weighted by molar-refractivity contribution is -0.253. The van der Waals surface area contributed by atoms with Crippen molar-refractivity contribution in [3.8, 4) is 11.1 Å². The fourth-order valence-electron chi connectivity index (χ4n) is 6.26. The predicted molar refractivity (Wildman–Crippen MR) is 175 cm³/mol. The van der Waals surface area contributed by atoms with Gasteiger partial charge < -0.3 is 24.8 Å². The van der Waals surface area contributed by atoms with E-state index in [-0.39, 0.29) is 37.6 Å². The van der Waals surface area contributed by atoms with Crippen LogP contribution in [-0.2, 0) is 32.2 Å². The molecule has 0 aromatic heterocycles. The number of nitrogens with zero attached hydrogens (tertiary/aromatic N) is 1. The second-order valence-electron chi connectivity index (χ2n) is 12.4. The van der Waals surface area contributed by atoms with E-state index in [9.17, 15) is 14.7 Å². The Morgan fingerprint density at radius 2 is 1.48 bits per heavy atom. The topological polar surface area (TPSA) is 120 Å². The van der Waals surface area contributed by atoms with Gasteiger partial charge in [0.25, 0.3) is 0 Å². The summed E-state index contributed by atoms with van der Waals surface area (Å²) in [6, 6.07) is 24.4. The van der Waals surface area contributed by atoms with Crippen LogP contribution in [0.25, 0.3) is 11.1 Å². The third-order valence-corrected chi connectivity index (χ3v) is 8.89. The van der Waals surface area contributed by atoms with Crippen LogP contribution in [0.4, 0.5) is 0 Å². The van der Waals surface area contributed by atoms with Crippen molar-refractivity contribution in [3.05, 3.63) is 95.1 Å². The molecule has 4 N–H and O–H groups in total. The molecular formula is C37H47N3O6. The van der Waals surface area contributed by atoms with Gasteiger partial charge in [0.05, 0.1) is 18.8 Å². The van der Waals surface area contributed by atoms with E-state index < -0.39 is 12.2 Å². The van der Waals surface area contributed by atoms with Gasteiger partial charge in [-0.3, -0.25) is 14.8 Å². The standard InChI is InChI=1S/C37H47N3O6/c41-26-27-12-14-30(15-13-27)34-23-33(25-40-20-4-2-1-3-5-21-40)45-37(46-34)31-18-16-29(17-19-31)32-9-6-8-28(22-32)24-38-35(42)10-7-11-36(43)39-44/h6,8-9,12-19,22,33-34,37,41,44H,1-5,7,10-11,20-21,23-26H2,(H,38,42)(H,39,43)/t33-,34+,37+/m1/s1. The Labute approximate surface area is 271 Å². The molecule has 0 spiro atoms. The molecule has 5 rings (SSSR count). The summed E-state index contributed by atoms with van der Waals surface area (Å²) in [4.78, 5) is 25.9. The summed E-state index contributed by atoms with van der Waals surface area (Å²) in [7, 11) is 0. The highest BCUT2D eigenvalue weighted by atomic mass is 16.7. The van der Waals surface area contributed by atoms with E-state index in [1.54, 1.807) is 5.48 Å². The molecule has 2 aliphatic rings. The number of likely N-dealkylation sites (tertiary alicyclic amines) is 1. The minimum atomic E-state index is -0.496. The number of hydroxylamine groups is 1. The first-order valence-electron chi connectivity index (χ1n) is 16.6. The number of aliphatic hydroxyl groups is 1. The van der Waals surface area contributed by atoms with Crippen LogP contribution in [0.15, 0.2) is 72.8 Å². The van der Waals surface area contributed by atoms with Crippen LogP contribution in [0.1, 0.15) is 92.4 Å². The maximum atomic E-state index is 12.2. The first kappa shape index (κ1) is 33.8. The summed E-state index contributed by atoms with van der Waals surface area (Å²) in [5, 5.41) is 21.0. The van der Waals surface area contributed by atoms with Crippen LogP contribution in [0.5, 0.6) is 0 Å². The van der Waals surface area contributed by atoms with Crippen molar-refractivity contribution in [1.82, 2.24) is 15.7 Å². The van der Waals surface area contributed by atoms with E-state index in [1.165, 1.54) is 32.1 Å². The lowest BCUT2D eigenvalue weighted by Gasteiger charge is -2.38. The van der Waals surface area contributed by atoms with Gasteiger partial charge in [0.1, 0.15) is 0 Å². The second-order valence-corrected chi connectivity index (χ2v) is 12.4. The van der Waals surface area contributed by atoms with Gasteiger partial charge in [0.2, 0.25) is 11.8 Å². The molecule has 3 aromatic rings. The van der Waals surface area contributed by atoms with Crippen LogP contribution in [0.3, 0.4) is 0 Å². The van der Waals surface area contributed by atoms with Crippen LogP contribution < -0.4 is 10.8 Å². The Kier molecular flexibility index (Phi) is 12.7. The highest BCUT2D eigenvalue weighted by Crippen LogP contribution is 2.39. The lowest BCUT2D eigenvalue weighted by atomic mass is 9.98. The Bertz CT molecular complexity index is 1390. The Morgan fingerprint density at radius 3 is 2.20 bits per heavy atom. The molecule has 246 valence electrons. The molecule has 0 bridgehead atoms. The molecule has 46 heavy (non-hydrogen) atoms. The van der Waals surface area contributed by atoms with Crippen LogP contribution in [-0.4, -0.2) is 52.8 Å². The molecule has 2 amide bonds. The predicted octanol–water partition coefficient (Wildman–Crippen LogP) is 5.95. The lowest BCUT2D eigenvalue weighted by Crippen LogP contribution is -2.40. The van der Waals surface area contributed by atoms with Crippen molar-refractivity contribution in [2.24, 2.45) is 0 Å². The van der Waals surface area contributed by atoms with Crippen LogP contribution in [0.2, 0.25) is 0 Å². The zero-order valence-electron chi connectivity index (χ0n) is 26.5. The number of amides is 2. The van der Waals surface area contributed by atoms with E-state index >= 15 is 0 Å². The van der Waals surface area contributed by atoms with Crippen molar-refractivity contribution >= 4 is 11.8 Å². The second kappa shape index (κ2) is 17.4. The quantitative estimate of drug-likeness (QED) is 0.144. The number of carbonyl (C=O) groups excluding carboxylic acids is 2. The number of nitrogens with one attached hydrogen (secondary N) is 2. The van der Waals surface area contributed by atoms with Gasteiger partial charge in [-0.05, 0) is 66.2 Å². The number of benzene rings is 3. The zero-order chi connectivity index (χ0) is 32.1. The van der Waals surface area contributed by atoms with E-state index in [2.05, 4.69) is 52.7 Å². The van der Waals surface area contributed by atoms with Gasteiger partial charge in [0, 0.05) is 37.9 Å². The number of ether oxygens (including phenoxy) is 2. The van der Waals surface area contributed by atoms with Crippen LogP contribution in [0, 0.1) is 0 Å². The molecule has 0 unspecified atom stereocenters. The fourth-order valence-corrected chi connectivity index (χ4v) is 6.26. The molecule has 2 saturated heterocycles. The van der Waals surface area contributed by atoms with E-state index in [4.69, 9.17) is 14.7 Å². The molecule has 3 aromatic carbocycles. The maximum absolute atomic E-state index is 12.2. The monoisotopic (exact) mass is 629 g/mol. The molecule has 0 aliphatic carbocycles. The summed E-state index contributed by atoms with van der Waals surface area (Å²) in [6.45, 7) is 3.53. The first-order valence-corrected chi connectivity index (χ1v) is 16.6. The summed E-state index contributed by atoms with van der Waals surface area (Å²) >= 11 is 0. The van der Waals surface area contributed by atoms with Gasteiger partial charge in [-0.25, -0.2) is 5.48 Å². The van der Waals surface area contributed by atoms with E-state index in [1.807, 2.05) is 30.3 Å². The minimum Gasteiger partial charge on any atom is -0.392 e. The van der Waals surface area contributed by atoms with Gasteiger partial charge in [-0.1, -0.05) is 86.0 Å². The molecule has 9 nitrogen and oxygen atoms in total. The number of hydrogen-bond acceptors (Lipinski definition) is 7. The van der Waals surface area contributed by atoms with E-state index in [0.717, 1.165) is 59.4 Å². The normalized spacial score (nSPS) is 20.8. The molecule has 2 aliphatic heterocycles. The third-order valence-electron chi connectivity index (χ3n) is 8.89. The molecule has 2 fully saturated rings. The summed E-state index contributed by atoms with van der Waals surface area (Å²) < 4.78 is 13.2. The number of carbonyl (C=O) groups is 2. The summed E-state index contributed by atoms with van der Waals surface area (Å²) in [6.07, 6.45) is 7.31. The smallest absolute Gasteiger partial charge is 0.243 e. The summed E-state index contributed by atoms with van der Waals surface area (Å²) in [5.41, 5.74) is 7.60. The zero-order valence-corrected chi connectivity index (χ0v) is 26.5. The average molecular weight is 630 g/mol. The Balaban J connectivity index is 1.24. The number of aliphatic hydroxyl groups excluding tert-OH is 1. The average Bonchev–Trinajstić information content (AvgIpc) is 3.08. The van der Waals surface area contributed by atoms with Crippen molar-refractivity contribution in [2.75, 3.05) is 19.6 Å².